The third-order valence-corrected chi connectivity index (χ3v) is 3.87. The lowest BCUT2D eigenvalue weighted by atomic mass is 10.0. The number of para-hydroxylation sites is 1. The van der Waals surface area contributed by atoms with Crippen LogP contribution in [0.4, 0.5) is 0 Å². The van der Waals surface area contributed by atoms with E-state index < -0.39 is 17.4 Å². The maximum absolute atomic E-state index is 12.5. The Hall–Kier alpha value is -2.86. The van der Waals surface area contributed by atoms with Gasteiger partial charge in [0.25, 0.3) is 5.56 Å². The highest BCUT2D eigenvalue weighted by Gasteiger charge is 2.23. The molecule has 0 radical (unpaired) electrons. The minimum absolute atomic E-state index is 0.130. The van der Waals surface area contributed by atoms with Crippen LogP contribution in [0.5, 0.6) is 5.75 Å². The number of furan rings is 1. The van der Waals surface area contributed by atoms with E-state index in [0.29, 0.717) is 16.7 Å². The fourth-order valence-electron chi connectivity index (χ4n) is 2.64. The Labute approximate surface area is 131 Å². The Morgan fingerprint density at radius 1 is 1.30 bits per heavy atom. The fourth-order valence-corrected chi connectivity index (χ4v) is 2.64. The molecule has 3 N–H and O–H groups in total. The van der Waals surface area contributed by atoms with Crippen LogP contribution in [0.3, 0.4) is 0 Å². The van der Waals surface area contributed by atoms with Gasteiger partial charge in [0.05, 0.1) is 17.8 Å². The topological polar surface area (TPSA) is 98.5 Å². The summed E-state index contributed by atoms with van der Waals surface area (Å²) in [6, 6.07) is 9.52. The Bertz CT molecular complexity index is 926. The van der Waals surface area contributed by atoms with Crippen molar-refractivity contribution in [2.75, 3.05) is 0 Å². The largest absolute Gasteiger partial charge is 0.506 e. The smallest absolute Gasteiger partial charge is 0.265 e. The zero-order chi connectivity index (χ0) is 16.6. The lowest BCUT2D eigenvalue weighted by Crippen LogP contribution is -2.26. The summed E-state index contributed by atoms with van der Waals surface area (Å²) in [5.74, 6) is -0.367. The molecule has 0 saturated heterocycles. The minimum Gasteiger partial charge on any atom is -0.506 e. The normalized spacial score (nSPS) is 12.4. The van der Waals surface area contributed by atoms with Crippen LogP contribution in [0.2, 0.25) is 0 Å². The van der Waals surface area contributed by atoms with Crippen molar-refractivity contribution >= 4 is 16.7 Å². The molecule has 3 aromatic rings. The molecule has 0 unspecified atom stereocenters. The molecule has 0 saturated carbocycles. The summed E-state index contributed by atoms with van der Waals surface area (Å²) in [5, 5.41) is 10.8. The molecule has 3 rings (SSSR count). The third-order valence-electron chi connectivity index (χ3n) is 3.87. The van der Waals surface area contributed by atoms with Gasteiger partial charge in [-0.15, -0.1) is 0 Å². The van der Waals surface area contributed by atoms with Crippen LogP contribution in [0.15, 0.2) is 51.9 Å². The Morgan fingerprint density at radius 2 is 2.04 bits per heavy atom. The number of nitrogens with zero attached hydrogens (tertiary/aromatic N) is 1. The van der Waals surface area contributed by atoms with E-state index >= 15 is 0 Å². The number of pyridine rings is 1. The highest BCUT2D eigenvalue weighted by molar-refractivity contribution is 6.03. The molecule has 1 aromatic carbocycles. The molecule has 0 amide bonds. The lowest BCUT2D eigenvalue weighted by molar-refractivity contribution is 0.0966. The predicted molar refractivity (Wildman–Crippen MR) is 85.4 cm³/mol. The second kappa shape index (κ2) is 5.73. The Kier molecular flexibility index (Phi) is 3.75. The number of carbonyl (C=O) groups excluding carboxylic acids is 1. The van der Waals surface area contributed by atoms with Gasteiger partial charge in [-0.2, -0.15) is 0 Å². The van der Waals surface area contributed by atoms with Gasteiger partial charge in [0, 0.05) is 18.9 Å². The van der Waals surface area contributed by atoms with Gasteiger partial charge in [0.2, 0.25) is 0 Å². The standard InChI is InChI=1S/C17H16N2O4/c1-19-12-6-3-2-5-10(12)16(21)15(17(19)22)13(20)9-11(18)14-7-4-8-23-14/h2-8,11,21H,9,18H2,1H3/t11-/m0/s1. The molecule has 0 spiro atoms. The van der Waals surface area contributed by atoms with Crippen LogP contribution in [0, 0.1) is 0 Å². The number of nitrogens with two attached hydrogens (primary N) is 1. The van der Waals surface area contributed by atoms with Crippen LogP contribution in [-0.2, 0) is 7.05 Å². The first-order valence-corrected chi connectivity index (χ1v) is 7.13. The summed E-state index contributed by atoms with van der Waals surface area (Å²) < 4.78 is 6.51. The predicted octanol–water partition coefficient (Wildman–Crippen LogP) is 2.11. The SMILES string of the molecule is Cn1c(=O)c(C(=O)C[C@H](N)c2ccco2)c(O)c2ccccc21. The van der Waals surface area contributed by atoms with Crippen molar-refractivity contribution in [2.45, 2.75) is 12.5 Å². The molecule has 0 aliphatic rings. The number of aromatic nitrogens is 1. The van der Waals surface area contributed by atoms with Crippen molar-refractivity contribution in [1.29, 1.82) is 0 Å². The second-order valence-electron chi connectivity index (χ2n) is 5.35. The average molecular weight is 312 g/mol. The van der Waals surface area contributed by atoms with Gasteiger partial charge in [0.15, 0.2) is 5.78 Å². The Morgan fingerprint density at radius 3 is 2.74 bits per heavy atom. The molecule has 23 heavy (non-hydrogen) atoms. The highest BCUT2D eigenvalue weighted by atomic mass is 16.3. The van der Waals surface area contributed by atoms with Gasteiger partial charge in [0.1, 0.15) is 17.1 Å². The van der Waals surface area contributed by atoms with Crippen molar-refractivity contribution in [3.8, 4) is 5.75 Å². The van der Waals surface area contributed by atoms with Crippen LogP contribution < -0.4 is 11.3 Å². The van der Waals surface area contributed by atoms with Crippen molar-refractivity contribution in [2.24, 2.45) is 12.8 Å². The zero-order valence-corrected chi connectivity index (χ0v) is 12.5. The van der Waals surface area contributed by atoms with Gasteiger partial charge in [-0.25, -0.2) is 0 Å². The number of fused-ring (bicyclic) bond motifs is 1. The fraction of sp³-hybridized carbons (Fsp3) is 0.176. The van der Waals surface area contributed by atoms with Gasteiger partial charge >= 0.3 is 0 Å². The molecule has 0 aliphatic heterocycles. The van der Waals surface area contributed by atoms with Gasteiger partial charge in [-0.05, 0) is 24.3 Å². The molecular formula is C17H16N2O4. The van der Waals surface area contributed by atoms with Gasteiger partial charge in [-0.1, -0.05) is 12.1 Å². The molecule has 2 aromatic heterocycles. The van der Waals surface area contributed by atoms with E-state index in [1.165, 1.54) is 10.8 Å². The summed E-state index contributed by atoms with van der Waals surface area (Å²) in [6.07, 6.45) is 1.33. The van der Waals surface area contributed by atoms with Crippen LogP contribution in [-0.4, -0.2) is 15.5 Å². The monoisotopic (exact) mass is 312 g/mol. The van der Waals surface area contributed by atoms with Crippen molar-refractivity contribution in [1.82, 2.24) is 4.57 Å². The Balaban J connectivity index is 2.06. The number of hydrogen-bond acceptors (Lipinski definition) is 5. The molecule has 0 bridgehead atoms. The molecule has 118 valence electrons. The number of carbonyl (C=O) groups is 1. The first kappa shape index (κ1) is 15.1. The molecule has 6 heteroatoms. The molecule has 2 heterocycles. The molecule has 1 atom stereocenters. The first-order chi connectivity index (χ1) is 11.0. The molecule has 0 fully saturated rings. The number of Topliss-reactive ketones (excluding diaryl/α,β-unsaturated/α-hetero) is 1. The van der Waals surface area contributed by atoms with E-state index in [9.17, 15) is 14.7 Å². The molecule has 0 aliphatic carbocycles. The van der Waals surface area contributed by atoms with Crippen molar-refractivity contribution in [3.05, 3.63) is 64.3 Å². The first-order valence-electron chi connectivity index (χ1n) is 7.13. The number of ketones is 1. The van der Waals surface area contributed by atoms with E-state index in [0.717, 1.165) is 0 Å². The van der Waals surface area contributed by atoms with E-state index in [2.05, 4.69) is 0 Å². The number of rotatable bonds is 4. The summed E-state index contributed by atoms with van der Waals surface area (Å²) in [7, 11) is 1.56. The van der Waals surface area contributed by atoms with E-state index in [-0.39, 0.29) is 17.7 Å². The number of hydrogen-bond donors (Lipinski definition) is 2. The quantitative estimate of drug-likeness (QED) is 0.719. The summed E-state index contributed by atoms with van der Waals surface area (Å²) >= 11 is 0. The number of aromatic hydroxyl groups is 1. The summed E-state index contributed by atoms with van der Waals surface area (Å²) in [5.41, 5.74) is 5.69. The van der Waals surface area contributed by atoms with E-state index in [1.54, 1.807) is 43.4 Å². The highest BCUT2D eigenvalue weighted by Crippen LogP contribution is 2.27. The summed E-state index contributed by atoms with van der Waals surface area (Å²) in [6.45, 7) is 0. The minimum atomic E-state index is -0.673. The molecule has 6 nitrogen and oxygen atoms in total. The zero-order valence-electron chi connectivity index (χ0n) is 12.5. The molecular weight excluding hydrogens is 296 g/mol. The van der Waals surface area contributed by atoms with Crippen molar-refractivity contribution < 1.29 is 14.3 Å². The lowest BCUT2D eigenvalue weighted by Gasteiger charge is -2.12. The number of benzene rings is 1. The van der Waals surface area contributed by atoms with Gasteiger partial charge < -0.3 is 19.8 Å². The maximum Gasteiger partial charge on any atom is 0.265 e. The van der Waals surface area contributed by atoms with Crippen LogP contribution in [0.25, 0.3) is 10.9 Å². The summed E-state index contributed by atoms with van der Waals surface area (Å²) in [4.78, 5) is 24.9. The number of aryl methyl sites for hydroxylation is 1. The second-order valence-corrected chi connectivity index (χ2v) is 5.35. The average Bonchev–Trinajstić information content (AvgIpc) is 3.07. The van der Waals surface area contributed by atoms with E-state index in [4.69, 9.17) is 10.2 Å². The van der Waals surface area contributed by atoms with Gasteiger partial charge in [-0.3, -0.25) is 9.59 Å². The van der Waals surface area contributed by atoms with Crippen LogP contribution >= 0.6 is 0 Å². The maximum atomic E-state index is 12.5. The van der Waals surface area contributed by atoms with Crippen molar-refractivity contribution in [3.63, 3.8) is 0 Å². The van der Waals surface area contributed by atoms with Crippen LogP contribution in [0.1, 0.15) is 28.6 Å². The third kappa shape index (κ3) is 2.53. The van der Waals surface area contributed by atoms with E-state index in [1.807, 2.05) is 0 Å².